The van der Waals surface area contributed by atoms with E-state index in [1.54, 1.807) is 43.5 Å². The number of esters is 3. The molecule has 40 heavy (non-hydrogen) atoms. The van der Waals surface area contributed by atoms with Crippen LogP contribution in [-0.4, -0.2) is 47.9 Å². The van der Waals surface area contributed by atoms with Crippen molar-refractivity contribution in [2.45, 2.75) is 75.3 Å². The third kappa shape index (κ3) is 3.82. The van der Waals surface area contributed by atoms with Crippen molar-refractivity contribution in [1.29, 1.82) is 0 Å². The van der Waals surface area contributed by atoms with Gasteiger partial charge in [0, 0.05) is 18.1 Å². The quantitative estimate of drug-likeness (QED) is 0.407. The molecule has 6 atom stereocenters. The number of benzene rings is 2. The van der Waals surface area contributed by atoms with E-state index < -0.39 is 47.2 Å². The summed E-state index contributed by atoms with van der Waals surface area (Å²) in [5.74, 6) is -0.860. The first-order valence-electron chi connectivity index (χ1n) is 13.6. The van der Waals surface area contributed by atoms with Crippen molar-refractivity contribution in [3.8, 4) is 11.5 Å². The molecule has 1 fully saturated rings. The van der Waals surface area contributed by atoms with Crippen LogP contribution < -0.4 is 9.47 Å². The molecule has 0 aromatic heterocycles. The van der Waals surface area contributed by atoms with Crippen LogP contribution in [0, 0.1) is 5.92 Å². The summed E-state index contributed by atoms with van der Waals surface area (Å²) in [7, 11) is 1.57. The SMILES string of the molecule is COc1ccc2c3c1O[C@@H]1C(OC(=O)[C@H](C)OC(=O)[C@@H](OC(C)=O)c4ccccc4)=CC[C@]4(O)[C@@H](CCC[C@@]314)C2. The third-order valence-corrected chi connectivity index (χ3v) is 8.91. The molecule has 1 spiro atoms. The van der Waals surface area contributed by atoms with Crippen molar-refractivity contribution in [3.63, 3.8) is 0 Å². The van der Waals surface area contributed by atoms with Crippen LogP contribution >= 0.6 is 0 Å². The minimum absolute atomic E-state index is 0.0590. The maximum atomic E-state index is 13.2. The van der Waals surface area contributed by atoms with Crippen molar-refractivity contribution in [2.75, 3.05) is 7.11 Å². The molecule has 2 aromatic rings. The molecule has 4 aliphatic rings. The zero-order valence-electron chi connectivity index (χ0n) is 22.7. The van der Waals surface area contributed by atoms with Gasteiger partial charge >= 0.3 is 17.9 Å². The molecule has 3 aliphatic carbocycles. The number of aliphatic hydroxyl groups is 1. The van der Waals surface area contributed by atoms with Crippen LogP contribution in [0.1, 0.15) is 62.3 Å². The number of methoxy groups -OCH3 is 1. The number of hydrogen-bond acceptors (Lipinski definition) is 9. The molecule has 9 heteroatoms. The second-order valence-electron chi connectivity index (χ2n) is 11.0. The normalized spacial score (nSPS) is 28.6. The number of carbonyl (C=O) groups is 3. The summed E-state index contributed by atoms with van der Waals surface area (Å²) < 4.78 is 28.5. The Balaban J connectivity index is 1.25. The third-order valence-electron chi connectivity index (χ3n) is 8.91. The predicted molar refractivity (Wildman–Crippen MR) is 140 cm³/mol. The Morgan fingerprint density at radius 1 is 1.07 bits per heavy atom. The van der Waals surface area contributed by atoms with E-state index in [0.29, 0.717) is 29.9 Å². The van der Waals surface area contributed by atoms with Gasteiger partial charge in [-0.1, -0.05) is 42.8 Å². The van der Waals surface area contributed by atoms with E-state index >= 15 is 0 Å². The summed E-state index contributed by atoms with van der Waals surface area (Å²) >= 11 is 0. The number of ether oxygens (including phenoxy) is 5. The first kappa shape index (κ1) is 26.4. The Kier molecular flexibility index (Phi) is 6.37. The highest BCUT2D eigenvalue weighted by molar-refractivity contribution is 5.84. The first-order valence-corrected chi connectivity index (χ1v) is 13.6. The van der Waals surface area contributed by atoms with Gasteiger partial charge < -0.3 is 28.8 Å². The molecule has 210 valence electrons. The maximum absolute atomic E-state index is 13.2. The van der Waals surface area contributed by atoms with Gasteiger partial charge in [0.05, 0.1) is 18.1 Å². The highest BCUT2D eigenvalue weighted by atomic mass is 16.6. The number of rotatable bonds is 7. The Morgan fingerprint density at radius 3 is 2.58 bits per heavy atom. The van der Waals surface area contributed by atoms with E-state index in [1.165, 1.54) is 13.8 Å². The highest BCUT2D eigenvalue weighted by Crippen LogP contribution is 2.67. The Morgan fingerprint density at radius 2 is 1.85 bits per heavy atom. The molecule has 1 aliphatic heterocycles. The van der Waals surface area contributed by atoms with Gasteiger partial charge in [-0.05, 0) is 56.2 Å². The lowest BCUT2D eigenvalue weighted by Crippen LogP contribution is -2.67. The fraction of sp³-hybridized carbons (Fsp3) is 0.452. The molecular weight excluding hydrogens is 516 g/mol. The number of hydrogen-bond donors (Lipinski definition) is 1. The largest absolute Gasteiger partial charge is 0.493 e. The van der Waals surface area contributed by atoms with Crippen LogP contribution in [0.2, 0.25) is 0 Å². The molecular formula is C31H32O9. The highest BCUT2D eigenvalue weighted by Gasteiger charge is 2.71. The van der Waals surface area contributed by atoms with Gasteiger partial charge in [0.1, 0.15) is 5.76 Å². The molecule has 0 radical (unpaired) electrons. The van der Waals surface area contributed by atoms with Crippen LogP contribution in [-0.2, 0) is 40.4 Å². The molecule has 2 bridgehead atoms. The standard InChI is InChI=1S/C31H32O9/c1-17(37-29(34)25(38-18(2)32)19-8-5-4-6-9-19)28(33)39-23-13-15-31(35)21-10-7-14-30(31)24-20(16-21)11-12-22(36-3)26(24)40-27(23)30/h4-6,8-9,11-13,17,21,25,27,35H,7,10,14-16H2,1-3H3/t17-,21-,25-,27+,30+,31-/m0/s1. The van der Waals surface area contributed by atoms with Crippen LogP contribution in [0.25, 0.3) is 0 Å². The van der Waals surface area contributed by atoms with Crippen molar-refractivity contribution in [2.24, 2.45) is 5.92 Å². The van der Waals surface area contributed by atoms with Crippen molar-refractivity contribution >= 4 is 17.9 Å². The summed E-state index contributed by atoms with van der Waals surface area (Å²) in [6.07, 6.45) is 1.94. The van der Waals surface area contributed by atoms with E-state index in [2.05, 4.69) is 0 Å². The topological polar surface area (TPSA) is 118 Å². The lowest BCUT2D eigenvalue weighted by molar-refractivity contribution is -0.179. The number of carbonyl (C=O) groups excluding carboxylic acids is 3. The molecule has 0 saturated heterocycles. The van der Waals surface area contributed by atoms with E-state index in [1.807, 2.05) is 12.1 Å². The average Bonchev–Trinajstić information content (AvgIpc) is 3.28. The first-order chi connectivity index (χ1) is 19.2. The van der Waals surface area contributed by atoms with Crippen molar-refractivity contribution in [1.82, 2.24) is 0 Å². The second kappa shape index (κ2) is 9.66. The van der Waals surface area contributed by atoms with Crippen molar-refractivity contribution in [3.05, 3.63) is 71.0 Å². The molecule has 6 rings (SSSR count). The minimum Gasteiger partial charge on any atom is -0.493 e. The molecule has 1 N–H and O–H groups in total. The summed E-state index contributed by atoms with van der Waals surface area (Å²) in [6, 6.07) is 12.4. The monoisotopic (exact) mass is 548 g/mol. The molecule has 2 aromatic carbocycles. The van der Waals surface area contributed by atoms with Gasteiger partial charge in [-0.3, -0.25) is 4.79 Å². The van der Waals surface area contributed by atoms with Crippen LogP contribution in [0.5, 0.6) is 11.5 Å². The lowest BCUT2D eigenvalue weighted by atomic mass is 9.47. The fourth-order valence-corrected chi connectivity index (χ4v) is 7.21. The van der Waals surface area contributed by atoms with Gasteiger partial charge in [-0.15, -0.1) is 0 Å². The van der Waals surface area contributed by atoms with Crippen LogP contribution in [0.15, 0.2) is 54.3 Å². The van der Waals surface area contributed by atoms with Crippen LogP contribution in [0.4, 0.5) is 0 Å². The Hall–Kier alpha value is -3.85. The predicted octanol–water partition coefficient (Wildman–Crippen LogP) is 3.85. The zero-order chi connectivity index (χ0) is 28.2. The van der Waals surface area contributed by atoms with E-state index in [-0.39, 0.29) is 11.7 Å². The Labute approximate surface area is 232 Å². The van der Waals surface area contributed by atoms with Gasteiger partial charge in [0.15, 0.2) is 23.7 Å². The van der Waals surface area contributed by atoms with E-state index in [0.717, 1.165) is 30.4 Å². The summed E-state index contributed by atoms with van der Waals surface area (Å²) in [4.78, 5) is 37.9. The van der Waals surface area contributed by atoms with E-state index in [4.69, 9.17) is 23.7 Å². The van der Waals surface area contributed by atoms with Gasteiger partial charge in [0.2, 0.25) is 6.10 Å². The molecule has 1 saturated carbocycles. The molecule has 1 heterocycles. The lowest BCUT2D eigenvalue weighted by Gasteiger charge is -2.59. The summed E-state index contributed by atoms with van der Waals surface area (Å²) in [5, 5.41) is 12.2. The molecule has 0 amide bonds. The van der Waals surface area contributed by atoms with Gasteiger partial charge in [0.25, 0.3) is 0 Å². The summed E-state index contributed by atoms with van der Waals surface area (Å²) in [5.41, 5.74) is 0.679. The van der Waals surface area contributed by atoms with E-state index in [9.17, 15) is 19.5 Å². The maximum Gasteiger partial charge on any atom is 0.353 e. The summed E-state index contributed by atoms with van der Waals surface area (Å²) in [6.45, 7) is 2.59. The Bertz CT molecular complexity index is 1400. The minimum atomic E-state index is -1.32. The van der Waals surface area contributed by atoms with Crippen LogP contribution in [0.3, 0.4) is 0 Å². The van der Waals surface area contributed by atoms with Crippen molar-refractivity contribution < 1.29 is 43.2 Å². The second-order valence-corrected chi connectivity index (χ2v) is 11.0. The molecule has 9 nitrogen and oxygen atoms in total. The van der Waals surface area contributed by atoms with Gasteiger partial charge in [-0.25, -0.2) is 9.59 Å². The smallest absolute Gasteiger partial charge is 0.353 e. The average molecular weight is 549 g/mol. The zero-order valence-corrected chi connectivity index (χ0v) is 22.7. The molecule has 0 unspecified atom stereocenters. The fourth-order valence-electron chi connectivity index (χ4n) is 7.21. The van der Waals surface area contributed by atoms with Gasteiger partial charge in [-0.2, -0.15) is 0 Å².